The van der Waals surface area contributed by atoms with Gasteiger partial charge in [-0.15, -0.1) is 0 Å². The van der Waals surface area contributed by atoms with Gasteiger partial charge in [0.05, 0.1) is 11.6 Å². The van der Waals surface area contributed by atoms with Gasteiger partial charge in [0, 0.05) is 17.2 Å². The molecule has 0 fully saturated rings. The van der Waals surface area contributed by atoms with Crippen molar-refractivity contribution in [2.24, 2.45) is 4.99 Å². The van der Waals surface area contributed by atoms with Crippen LogP contribution in [0.1, 0.15) is 17.0 Å². The van der Waals surface area contributed by atoms with Crippen molar-refractivity contribution in [3.63, 3.8) is 0 Å². The van der Waals surface area contributed by atoms with E-state index in [1.807, 2.05) is 91.0 Å². The number of phenols is 1. The Morgan fingerprint density at radius 3 is 2.27 bits per heavy atom. The average molecular weight is 501 g/mol. The highest BCUT2D eigenvalue weighted by molar-refractivity contribution is 7.12. The van der Waals surface area contributed by atoms with Crippen LogP contribution in [-0.2, 0) is 0 Å². The first-order valence-electron chi connectivity index (χ1n) is 11.7. The number of hydrogen-bond acceptors (Lipinski definition) is 6. The van der Waals surface area contributed by atoms with E-state index in [9.17, 15) is 10.4 Å². The fourth-order valence-electron chi connectivity index (χ4n) is 4.35. The molecule has 6 rings (SSSR count). The van der Waals surface area contributed by atoms with E-state index >= 15 is 0 Å². The molecule has 0 spiro atoms. The zero-order valence-corrected chi connectivity index (χ0v) is 20.3. The molecule has 5 aromatic rings. The molecule has 1 aromatic heterocycles. The highest BCUT2D eigenvalue weighted by Gasteiger charge is 2.32. The van der Waals surface area contributed by atoms with Crippen LogP contribution in [0.5, 0.6) is 11.5 Å². The summed E-state index contributed by atoms with van der Waals surface area (Å²) in [6.07, 6.45) is 0. The van der Waals surface area contributed by atoms with Gasteiger partial charge in [-0.3, -0.25) is 0 Å². The van der Waals surface area contributed by atoms with E-state index in [2.05, 4.69) is 6.07 Å². The van der Waals surface area contributed by atoms with Crippen molar-refractivity contribution in [3.8, 4) is 33.8 Å². The van der Waals surface area contributed by atoms with Crippen molar-refractivity contribution in [1.29, 1.82) is 5.26 Å². The number of aromatic nitrogens is 2. The zero-order valence-electron chi connectivity index (χ0n) is 19.5. The van der Waals surface area contributed by atoms with Crippen molar-refractivity contribution in [3.05, 3.63) is 137 Å². The molecule has 7 heteroatoms. The summed E-state index contributed by atoms with van der Waals surface area (Å²) in [5.74, 6) is 0.336. The fourth-order valence-corrected chi connectivity index (χ4v) is 5.26. The Labute approximate surface area is 217 Å². The first kappa shape index (κ1) is 22.5. The van der Waals surface area contributed by atoms with Gasteiger partial charge in [0.1, 0.15) is 28.1 Å². The molecule has 1 aliphatic rings. The number of nitriles is 1. The van der Waals surface area contributed by atoms with Gasteiger partial charge in [0.2, 0.25) is 10.7 Å². The standard InChI is InChI=1S/C30H20N4O2S/c31-19-25-27(20-10-4-1-5-11-20)24-17-16-23(35)18-26(24)36-28(25)32-30-34(22-14-8-3-9-15-22)33-29(37-30)21-12-6-2-7-13-21/h1-18,27,35H/b32-30-. The second-order valence-electron chi connectivity index (χ2n) is 8.41. The van der Waals surface area contributed by atoms with Crippen LogP contribution in [0.4, 0.5) is 0 Å². The maximum absolute atomic E-state index is 10.3. The first-order valence-corrected chi connectivity index (χ1v) is 12.5. The molecule has 1 unspecified atom stereocenters. The lowest BCUT2D eigenvalue weighted by atomic mass is 9.83. The largest absolute Gasteiger partial charge is 0.508 e. The van der Waals surface area contributed by atoms with Gasteiger partial charge >= 0.3 is 0 Å². The van der Waals surface area contributed by atoms with Crippen molar-refractivity contribution >= 4 is 11.3 Å². The predicted molar refractivity (Wildman–Crippen MR) is 142 cm³/mol. The summed E-state index contributed by atoms with van der Waals surface area (Å²) in [7, 11) is 0. The minimum absolute atomic E-state index is 0.0776. The van der Waals surface area contributed by atoms with E-state index in [-0.39, 0.29) is 17.6 Å². The molecule has 178 valence electrons. The van der Waals surface area contributed by atoms with E-state index in [4.69, 9.17) is 14.8 Å². The van der Waals surface area contributed by atoms with E-state index in [1.165, 1.54) is 11.3 Å². The van der Waals surface area contributed by atoms with Crippen LogP contribution in [0.15, 0.2) is 126 Å². The van der Waals surface area contributed by atoms with Gasteiger partial charge in [0.25, 0.3) is 0 Å². The highest BCUT2D eigenvalue weighted by atomic mass is 32.1. The average Bonchev–Trinajstić information content (AvgIpc) is 3.37. The number of fused-ring (bicyclic) bond motifs is 1. The summed E-state index contributed by atoms with van der Waals surface area (Å²) in [4.78, 5) is 5.43. The van der Waals surface area contributed by atoms with Gasteiger partial charge in [-0.1, -0.05) is 96.3 Å². The second kappa shape index (κ2) is 9.61. The molecule has 0 saturated heterocycles. The van der Waals surface area contributed by atoms with Gasteiger partial charge in [0.15, 0.2) is 0 Å². The molecule has 0 aliphatic carbocycles. The third kappa shape index (κ3) is 4.31. The van der Waals surface area contributed by atoms with Crippen LogP contribution in [0.2, 0.25) is 0 Å². The maximum atomic E-state index is 10.3. The molecule has 0 bridgehead atoms. The highest BCUT2D eigenvalue weighted by Crippen LogP contribution is 2.44. The lowest BCUT2D eigenvalue weighted by molar-refractivity contribution is 0.385. The van der Waals surface area contributed by atoms with Crippen LogP contribution in [0.3, 0.4) is 0 Å². The molecule has 0 saturated carbocycles. The minimum atomic E-state index is -0.388. The molecule has 4 aromatic carbocycles. The smallest absolute Gasteiger partial charge is 0.236 e. The molecular formula is C30H20N4O2S. The molecule has 1 aliphatic heterocycles. The summed E-state index contributed by atoms with van der Waals surface area (Å²) in [5, 5.41) is 26.1. The summed E-state index contributed by atoms with van der Waals surface area (Å²) in [5.41, 5.74) is 3.93. The number of rotatable bonds is 4. The number of aromatic hydroxyl groups is 1. The number of nitrogens with zero attached hydrogens (tertiary/aromatic N) is 4. The predicted octanol–water partition coefficient (Wildman–Crippen LogP) is 6.17. The van der Waals surface area contributed by atoms with Gasteiger partial charge in [-0.2, -0.15) is 15.4 Å². The van der Waals surface area contributed by atoms with E-state index in [1.54, 1.807) is 22.9 Å². The summed E-state index contributed by atoms with van der Waals surface area (Å²) in [6.45, 7) is 0. The van der Waals surface area contributed by atoms with E-state index in [0.29, 0.717) is 16.1 Å². The van der Waals surface area contributed by atoms with E-state index < -0.39 is 0 Å². The monoisotopic (exact) mass is 500 g/mol. The number of hydrogen-bond donors (Lipinski definition) is 1. The fraction of sp³-hybridized carbons (Fsp3) is 0.0333. The minimum Gasteiger partial charge on any atom is -0.508 e. The molecule has 2 heterocycles. The van der Waals surface area contributed by atoms with Crippen molar-refractivity contribution in [1.82, 2.24) is 9.78 Å². The summed E-state index contributed by atoms with van der Waals surface area (Å²) >= 11 is 1.41. The number of phenolic OH excluding ortho intramolecular Hbond substituents is 1. The van der Waals surface area contributed by atoms with Gasteiger partial charge in [-0.25, -0.2) is 4.68 Å². The van der Waals surface area contributed by atoms with Crippen molar-refractivity contribution in [2.45, 2.75) is 5.92 Å². The van der Waals surface area contributed by atoms with Crippen LogP contribution >= 0.6 is 11.3 Å². The van der Waals surface area contributed by atoms with Gasteiger partial charge in [-0.05, 0) is 23.8 Å². The van der Waals surface area contributed by atoms with Gasteiger partial charge < -0.3 is 9.84 Å². The SMILES string of the molecule is N#CC1=C(/N=c2\sc(-c3ccccc3)nn2-c2ccccc2)Oc2cc(O)ccc2C1c1ccccc1. The maximum Gasteiger partial charge on any atom is 0.236 e. The molecule has 1 N–H and O–H groups in total. The molecule has 0 radical (unpaired) electrons. The Bertz CT molecular complexity index is 1720. The Morgan fingerprint density at radius 2 is 1.57 bits per heavy atom. The topological polar surface area (TPSA) is 83.4 Å². The quantitative estimate of drug-likeness (QED) is 0.320. The lowest BCUT2D eigenvalue weighted by Crippen LogP contribution is -2.20. The first-order chi connectivity index (χ1) is 18.2. The number of para-hydroxylation sites is 1. The molecular weight excluding hydrogens is 480 g/mol. The van der Waals surface area contributed by atoms with Crippen LogP contribution in [0, 0.1) is 11.3 Å². The van der Waals surface area contributed by atoms with Crippen molar-refractivity contribution < 1.29 is 9.84 Å². The zero-order chi connectivity index (χ0) is 25.2. The number of ether oxygens (including phenoxy) is 1. The molecule has 0 amide bonds. The Balaban J connectivity index is 1.59. The lowest BCUT2D eigenvalue weighted by Gasteiger charge is -2.26. The van der Waals surface area contributed by atoms with Crippen LogP contribution in [-0.4, -0.2) is 14.9 Å². The number of allylic oxidation sites excluding steroid dienone is 1. The number of benzene rings is 4. The molecule has 6 nitrogen and oxygen atoms in total. The Kier molecular flexibility index (Phi) is 5.85. The summed E-state index contributed by atoms with van der Waals surface area (Å²) in [6, 6.07) is 36.7. The summed E-state index contributed by atoms with van der Waals surface area (Å²) < 4.78 is 7.93. The van der Waals surface area contributed by atoms with Crippen molar-refractivity contribution in [2.75, 3.05) is 0 Å². The third-order valence-corrected chi connectivity index (χ3v) is 7.02. The Morgan fingerprint density at radius 1 is 0.892 bits per heavy atom. The van der Waals surface area contributed by atoms with Crippen LogP contribution in [0.25, 0.3) is 16.3 Å². The molecule has 37 heavy (non-hydrogen) atoms. The third-order valence-electron chi connectivity index (χ3n) is 6.07. The van der Waals surface area contributed by atoms with E-state index in [0.717, 1.165) is 27.4 Å². The molecule has 1 atom stereocenters. The second-order valence-corrected chi connectivity index (χ2v) is 9.37. The Hall–Kier alpha value is -4.93. The normalized spacial score (nSPS) is 15.1. The van der Waals surface area contributed by atoms with Crippen LogP contribution < -0.4 is 9.54 Å².